The van der Waals surface area contributed by atoms with Gasteiger partial charge in [0, 0.05) is 13.2 Å². The zero-order chi connectivity index (χ0) is 8.43. The number of aryl methyl sites for hydroxylation is 1. The molecular weight excluding hydrogens is 148 g/mol. The Labute approximate surface area is 61.9 Å². The van der Waals surface area contributed by atoms with Crippen LogP contribution in [0, 0.1) is 0 Å². The molecule has 0 unspecified atom stereocenters. The summed E-state index contributed by atoms with van der Waals surface area (Å²) in [5.74, 6) is -1.14. The number of aromatic carboxylic acids is 1. The van der Waals surface area contributed by atoms with E-state index in [1.54, 1.807) is 0 Å². The van der Waals surface area contributed by atoms with Gasteiger partial charge in [-0.1, -0.05) is 0 Å². The molecule has 0 aliphatic heterocycles. The van der Waals surface area contributed by atoms with Crippen LogP contribution in [0.15, 0.2) is 17.2 Å². The molecule has 0 spiro atoms. The minimum atomic E-state index is -1.14. The topological polar surface area (TPSA) is 72.2 Å². The molecule has 0 saturated heterocycles. The number of hydrogen-bond acceptors (Lipinski definition) is 3. The van der Waals surface area contributed by atoms with E-state index in [4.69, 9.17) is 5.11 Å². The SMILES string of the molecule is Cn1cc(C(=O)O)ncc1=O. The lowest BCUT2D eigenvalue weighted by molar-refractivity contribution is 0.0689. The molecule has 0 saturated carbocycles. The highest BCUT2D eigenvalue weighted by atomic mass is 16.4. The molecule has 1 N–H and O–H groups in total. The van der Waals surface area contributed by atoms with Gasteiger partial charge in [0.2, 0.25) is 0 Å². The first-order valence-corrected chi connectivity index (χ1v) is 2.87. The van der Waals surface area contributed by atoms with E-state index in [0.717, 1.165) is 10.8 Å². The van der Waals surface area contributed by atoms with E-state index in [1.165, 1.54) is 13.2 Å². The summed E-state index contributed by atoms with van der Waals surface area (Å²) in [4.78, 5) is 24.4. The zero-order valence-electron chi connectivity index (χ0n) is 5.81. The normalized spacial score (nSPS) is 9.55. The maximum absolute atomic E-state index is 10.7. The van der Waals surface area contributed by atoms with E-state index in [1.807, 2.05) is 0 Å². The van der Waals surface area contributed by atoms with Gasteiger partial charge in [-0.15, -0.1) is 0 Å². The van der Waals surface area contributed by atoms with Crippen LogP contribution in [-0.4, -0.2) is 20.6 Å². The predicted octanol–water partition coefficient (Wildman–Crippen LogP) is -0.522. The summed E-state index contributed by atoms with van der Waals surface area (Å²) < 4.78 is 1.16. The van der Waals surface area contributed by atoms with Crippen molar-refractivity contribution >= 4 is 5.97 Å². The van der Waals surface area contributed by atoms with Gasteiger partial charge in [-0.05, 0) is 0 Å². The van der Waals surface area contributed by atoms with Crippen molar-refractivity contribution in [3.05, 3.63) is 28.4 Å². The molecule has 0 aliphatic carbocycles. The van der Waals surface area contributed by atoms with Gasteiger partial charge >= 0.3 is 5.97 Å². The Bertz CT molecular complexity index is 342. The Morgan fingerprint density at radius 3 is 2.82 bits per heavy atom. The van der Waals surface area contributed by atoms with Crippen molar-refractivity contribution in [1.29, 1.82) is 0 Å². The van der Waals surface area contributed by atoms with Gasteiger partial charge in [0.15, 0.2) is 5.69 Å². The maximum Gasteiger partial charge on any atom is 0.356 e. The van der Waals surface area contributed by atoms with E-state index in [2.05, 4.69) is 4.98 Å². The molecule has 1 heterocycles. The summed E-state index contributed by atoms with van der Waals surface area (Å²) in [6.07, 6.45) is 2.15. The van der Waals surface area contributed by atoms with E-state index < -0.39 is 5.97 Å². The summed E-state index contributed by atoms with van der Waals surface area (Å²) in [5, 5.41) is 8.42. The molecule has 5 nitrogen and oxygen atoms in total. The van der Waals surface area contributed by atoms with Gasteiger partial charge in [-0.2, -0.15) is 0 Å². The number of hydrogen-bond donors (Lipinski definition) is 1. The molecule has 0 amide bonds. The van der Waals surface area contributed by atoms with Gasteiger partial charge in [0.1, 0.15) is 0 Å². The highest BCUT2D eigenvalue weighted by molar-refractivity contribution is 5.84. The van der Waals surface area contributed by atoms with Crippen molar-refractivity contribution in [3.63, 3.8) is 0 Å². The van der Waals surface area contributed by atoms with Crippen LogP contribution in [0.25, 0.3) is 0 Å². The lowest BCUT2D eigenvalue weighted by Gasteiger charge is -1.95. The molecule has 0 bridgehead atoms. The second-order valence-corrected chi connectivity index (χ2v) is 2.03. The first-order chi connectivity index (χ1) is 5.11. The minimum Gasteiger partial charge on any atom is -0.476 e. The molecular formula is C6H6N2O3. The van der Waals surface area contributed by atoms with Gasteiger partial charge < -0.3 is 9.67 Å². The van der Waals surface area contributed by atoms with E-state index in [-0.39, 0.29) is 11.3 Å². The lowest BCUT2D eigenvalue weighted by Crippen LogP contribution is -2.18. The highest BCUT2D eigenvalue weighted by Crippen LogP contribution is 1.87. The molecule has 0 fully saturated rings. The standard InChI is InChI=1S/C6H6N2O3/c1-8-3-4(6(10)11)7-2-5(8)9/h2-3H,1H3,(H,10,11). The molecule has 0 atom stereocenters. The summed E-state index contributed by atoms with van der Waals surface area (Å²) in [6.45, 7) is 0. The van der Waals surface area contributed by atoms with Gasteiger partial charge in [-0.25, -0.2) is 9.78 Å². The second kappa shape index (κ2) is 2.53. The minimum absolute atomic E-state index is 0.132. The largest absolute Gasteiger partial charge is 0.476 e. The third kappa shape index (κ3) is 1.43. The number of rotatable bonds is 1. The van der Waals surface area contributed by atoms with Crippen LogP contribution in [-0.2, 0) is 7.05 Å². The zero-order valence-corrected chi connectivity index (χ0v) is 5.81. The summed E-state index contributed by atoms with van der Waals surface area (Å²) >= 11 is 0. The summed E-state index contributed by atoms with van der Waals surface area (Å²) in [5.41, 5.74) is -0.456. The van der Waals surface area contributed by atoms with Crippen molar-refractivity contribution < 1.29 is 9.90 Å². The van der Waals surface area contributed by atoms with Gasteiger partial charge in [-0.3, -0.25) is 4.79 Å². The molecule has 5 heteroatoms. The van der Waals surface area contributed by atoms with E-state index >= 15 is 0 Å². The number of carbonyl (C=O) groups is 1. The molecule has 1 aromatic heterocycles. The Morgan fingerprint density at radius 2 is 2.36 bits per heavy atom. The highest BCUT2D eigenvalue weighted by Gasteiger charge is 2.03. The Morgan fingerprint density at radius 1 is 1.73 bits per heavy atom. The molecule has 1 aromatic rings. The van der Waals surface area contributed by atoms with Crippen molar-refractivity contribution in [2.45, 2.75) is 0 Å². The fourth-order valence-electron chi connectivity index (χ4n) is 0.607. The van der Waals surface area contributed by atoms with Crippen LogP contribution < -0.4 is 5.56 Å². The smallest absolute Gasteiger partial charge is 0.356 e. The van der Waals surface area contributed by atoms with Crippen LogP contribution in [0.1, 0.15) is 10.5 Å². The van der Waals surface area contributed by atoms with Crippen LogP contribution in [0.4, 0.5) is 0 Å². The molecule has 58 valence electrons. The number of carboxylic acids is 1. The Balaban J connectivity index is 3.26. The van der Waals surface area contributed by atoms with E-state index in [0.29, 0.717) is 0 Å². The molecule has 0 radical (unpaired) electrons. The Hall–Kier alpha value is -1.65. The van der Waals surface area contributed by atoms with Crippen molar-refractivity contribution in [3.8, 4) is 0 Å². The predicted molar refractivity (Wildman–Crippen MR) is 36.4 cm³/mol. The summed E-state index contributed by atoms with van der Waals surface area (Å²) in [6, 6.07) is 0. The third-order valence-electron chi connectivity index (χ3n) is 1.20. The summed E-state index contributed by atoms with van der Waals surface area (Å²) in [7, 11) is 1.47. The van der Waals surface area contributed by atoms with Crippen LogP contribution in [0.2, 0.25) is 0 Å². The molecule has 0 aliphatic rings. The first-order valence-electron chi connectivity index (χ1n) is 2.87. The lowest BCUT2D eigenvalue weighted by atomic mass is 10.4. The second-order valence-electron chi connectivity index (χ2n) is 2.03. The average molecular weight is 154 g/mol. The quantitative estimate of drug-likeness (QED) is 0.590. The fraction of sp³-hybridized carbons (Fsp3) is 0.167. The average Bonchev–Trinajstić information content (AvgIpc) is 1.94. The number of carboxylic acid groups (broad SMARTS) is 1. The van der Waals surface area contributed by atoms with Gasteiger partial charge in [0.25, 0.3) is 5.56 Å². The van der Waals surface area contributed by atoms with Crippen LogP contribution in [0.5, 0.6) is 0 Å². The monoisotopic (exact) mass is 154 g/mol. The van der Waals surface area contributed by atoms with Crippen LogP contribution >= 0.6 is 0 Å². The fourth-order valence-corrected chi connectivity index (χ4v) is 0.607. The Kier molecular flexibility index (Phi) is 1.72. The van der Waals surface area contributed by atoms with Crippen LogP contribution in [0.3, 0.4) is 0 Å². The molecule has 0 aromatic carbocycles. The number of aromatic nitrogens is 2. The van der Waals surface area contributed by atoms with Crippen molar-refractivity contribution in [2.75, 3.05) is 0 Å². The molecule has 1 rings (SSSR count). The number of nitrogens with zero attached hydrogens (tertiary/aromatic N) is 2. The first kappa shape index (κ1) is 7.46. The van der Waals surface area contributed by atoms with Crippen molar-refractivity contribution in [2.24, 2.45) is 7.05 Å². The molecule has 11 heavy (non-hydrogen) atoms. The maximum atomic E-state index is 10.7. The third-order valence-corrected chi connectivity index (χ3v) is 1.20. The van der Waals surface area contributed by atoms with E-state index in [9.17, 15) is 9.59 Å². The van der Waals surface area contributed by atoms with Crippen molar-refractivity contribution in [1.82, 2.24) is 9.55 Å². The van der Waals surface area contributed by atoms with Gasteiger partial charge in [0.05, 0.1) is 6.20 Å².